The van der Waals surface area contributed by atoms with Gasteiger partial charge in [0.25, 0.3) is 0 Å². The Morgan fingerprint density at radius 1 is 0.438 bits per heavy atom. The van der Waals surface area contributed by atoms with Gasteiger partial charge in [-0.15, -0.1) is 0 Å². The molecule has 0 aliphatic carbocycles. The molecule has 0 aliphatic heterocycles. The molecule has 9 heteroatoms. The zero-order valence-corrected chi connectivity index (χ0v) is 48.0. The number of carbonyl (C=O) groups is 3. The maximum absolute atomic E-state index is 12.7. The van der Waals surface area contributed by atoms with Crippen LogP contribution in [0.3, 0.4) is 0 Å². The Labute approximate surface area is 449 Å². The second-order valence-electron chi connectivity index (χ2n) is 21.3. The summed E-state index contributed by atoms with van der Waals surface area (Å²) in [6.45, 7) is 4.53. The van der Waals surface area contributed by atoms with Crippen molar-refractivity contribution < 1.29 is 42.9 Å². The number of rotatable bonds is 55. The molecule has 0 spiro atoms. The van der Waals surface area contributed by atoms with Gasteiger partial charge in [-0.25, -0.2) is 0 Å². The molecule has 0 heterocycles. The fourth-order valence-electron chi connectivity index (χ4n) is 8.37. The lowest BCUT2D eigenvalue weighted by molar-refractivity contribution is -0.870. The molecule has 0 N–H and O–H groups in total. The van der Waals surface area contributed by atoms with Gasteiger partial charge in [0, 0.05) is 6.42 Å². The van der Waals surface area contributed by atoms with E-state index in [9.17, 15) is 19.5 Å². The van der Waals surface area contributed by atoms with E-state index in [1.54, 1.807) is 6.08 Å². The van der Waals surface area contributed by atoms with E-state index in [0.717, 1.165) is 44.9 Å². The average Bonchev–Trinajstić information content (AvgIpc) is 3.36. The molecular weight excluding hydrogens is 911 g/mol. The van der Waals surface area contributed by atoms with Crippen LogP contribution in [0.4, 0.5) is 0 Å². The first-order valence-electron chi connectivity index (χ1n) is 30.1. The first-order chi connectivity index (χ1) is 35.6. The standard InChI is InChI=1S/C64H113NO8/c1-6-8-10-12-14-16-18-20-22-23-24-25-26-27-28-29-30-31-32-33-34-35-36-37-38-39-41-42-44-46-48-50-52-54-61(66)71-58-60(59-72-64(63(68)69)70-57-56-65(3,4)5)73-62(67)55-53-51-49-47-45-43-40-21-19-17-15-13-11-9-7-2/h9,11,15,17,21,23-24,40,45,47,51,53,60,64H,6-8,10,12-14,16,18-20,22,25-39,41-44,46,48-50,52,54-59H2,1-5H3/b11-9-,17-15-,24-23-,40-21-,47-45-,53-51-. The summed E-state index contributed by atoms with van der Waals surface area (Å²) in [5, 5.41) is 11.7. The van der Waals surface area contributed by atoms with Crippen molar-refractivity contribution in [3.63, 3.8) is 0 Å². The average molecular weight is 1020 g/mol. The second-order valence-corrected chi connectivity index (χ2v) is 21.3. The molecule has 422 valence electrons. The number of aliphatic carboxylic acids is 1. The number of carboxylic acid groups (broad SMARTS) is 1. The van der Waals surface area contributed by atoms with Gasteiger partial charge in [0.05, 0.1) is 46.7 Å². The largest absolute Gasteiger partial charge is 0.545 e. The van der Waals surface area contributed by atoms with Crippen molar-refractivity contribution >= 4 is 17.9 Å². The molecule has 0 rings (SSSR count). The Hall–Kier alpha value is -3.27. The number of likely N-dealkylation sites (N-methyl/N-ethyl adjacent to an activating group) is 1. The molecule has 2 atom stereocenters. The number of hydrogen-bond acceptors (Lipinski definition) is 8. The lowest BCUT2D eigenvalue weighted by Crippen LogP contribution is -2.44. The van der Waals surface area contributed by atoms with Gasteiger partial charge in [-0.3, -0.25) is 9.59 Å². The minimum Gasteiger partial charge on any atom is -0.545 e. The Bertz CT molecular complexity index is 1420. The van der Waals surface area contributed by atoms with E-state index in [-0.39, 0.29) is 38.6 Å². The number of carbonyl (C=O) groups excluding carboxylic acids is 3. The summed E-state index contributed by atoms with van der Waals surface area (Å²) >= 11 is 0. The smallest absolute Gasteiger partial charge is 0.310 e. The third-order valence-corrected chi connectivity index (χ3v) is 13.0. The molecule has 0 aliphatic rings. The Balaban J connectivity index is 4.10. The molecular formula is C64H113NO8. The zero-order valence-electron chi connectivity index (χ0n) is 48.0. The van der Waals surface area contributed by atoms with Crippen LogP contribution < -0.4 is 5.11 Å². The molecule has 0 radical (unpaired) electrons. The van der Waals surface area contributed by atoms with Crippen molar-refractivity contribution in [1.29, 1.82) is 0 Å². The fourth-order valence-corrected chi connectivity index (χ4v) is 8.37. The highest BCUT2D eigenvalue weighted by Gasteiger charge is 2.21. The van der Waals surface area contributed by atoms with E-state index >= 15 is 0 Å². The molecule has 0 aromatic carbocycles. The van der Waals surface area contributed by atoms with Gasteiger partial charge < -0.3 is 33.3 Å². The van der Waals surface area contributed by atoms with E-state index in [2.05, 4.69) is 68.5 Å². The Morgan fingerprint density at radius 2 is 0.822 bits per heavy atom. The number of ether oxygens (including phenoxy) is 4. The van der Waals surface area contributed by atoms with E-state index in [4.69, 9.17) is 18.9 Å². The quantitative estimate of drug-likeness (QED) is 0.0195. The van der Waals surface area contributed by atoms with Crippen LogP contribution in [0.1, 0.15) is 258 Å². The van der Waals surface area contributed by atoms with Gasteiger partial charge in [-0.05, 0) is 64.2 Å². The van der Waals surface area contributed by atoms with Crippen molar-refractivity contribution in [3.05, 3.63) is 72.9 Å². The molecule has 0 aromatic rings. The van der Waals surface area contributed by atoms with Gasteiger partial charge in [0.15, 0.2) is 12.4 Å². The predicted molar refractivity (Wildman–Crippen MR) is 306 cm³/mol. The number of unbranched alkanes of at least 4 members (excludes halogenated alkanes) is 29. The topological polar surface area (TPSA) is 111 Å². The van der Waals surface area contributed by atoms with Crippen molar-refractivity contribution in [2.24, 2.45) is 0 Å². The van der Waals surface area contributed by atoms with E-state index in [0.29, 0.717) is 17.4 Å². The highest BCUT2D eigenvalue weighted by molar-refractivity contribution is 5.71. The molecule has 73 heavy (non-hydrogen) atoms. The number of quaternary nitrogens is 1. The summed E-state index contributed by atoms with van der Waals surface area (Å²) in [5.74, 6) is -2.45. The van der Waals surface area contributed by atoms with E-state index in [1.807, 2.05) is 33.3 Å². The lowest BCUT2D eigenvalue weighted by Gasteiger charge is -2.26. The van der Waals surface area contributed by atoms with Crippen LogP contribution in [0.15, 0.2) is 72.9 Å². The highest BCUT2D eigenvalue weighted by Crippen LogP contribution is 2.17. The molecule has 0 saturated carbocycles. The minimum absolute atomic E-state index is 0.0145. The molecule has 0 amide bonds. The van der Waals surface area contributed by atoms with Crippen LogP contribution in [-0.4, -0.2) is 82.3 Å². The normalized spacial score (nSPS) is 13.3. The molecule has 0 bridgehead atoms. The molecule has 0 saturated heterocycles. The maximum atomic E-state index is 12.7. The number of allylic oxidation sites excluding steroid dienone is 11. The molecule has 2 unspecified atom stereocenters. The van der Waals surface area contributed by atoms with Crippen LogP contribution in [0.25, 0.3) is 0 Å². The van der Waals surface area contributed by atoms with E-state index in [1.165, 1.54) is 180 Å². The van der Waals surface area contributed by atoms with Crippen molar-refractivity contribution in [1.82, 2.24) is 0 Å². The lowest BCUT2D eigenvalue weighted by atomic mass is 10.0. The van der Waals surface area contributed by atoms with Crippen LogP contribution in [0, 0.1) is 0 Å². The molecule has 9 nitrogen and oxygen atoms in total. The van der Waals surface area contributed by atoms with Crippen LogP contribution in [-0.2, 0) is 33.3 Å². The zero-order chi connectivity index (χ0) is 53.4. The van der Waals surface area contributed by atoms with Crippen molar-refractivity contribution in [3.8, 4) is 0 Å². The Kier molecular flexibility index (Phi) is 52.5. The minimum atomic E-state index is -1.65. The first kappa shape index (κ1) is 69.7. The second kappa shape index (κ2) is 55.0. The predicted octanol–water partition coefficient (Wildman–Crippen LogP) is 16.5. The number of carboxylic acids is 1. The summed E-state index contributed by atoms with van der Waals surface area (Å²) in [4.78, 5) is 37.1. The van der Waals surface area contributed by atoms with Crippen LogP contribution in [0.2, 0.25) is 0 Å². The summed E-state index contributed by atoms with van der Waals surface area (Å²) in [5.41, 5.74) is 0. The number of hydrogen-bond donors (Lipinski definition) is 0. The summed E-state index contributed by atoms with van der Waals surface area (Å²) < 4.78 is 22.5. The van der Waals surface area contributed by atoms with Gasteiger partial charge >= 0.3 is 11.9 Å². The molecule has 0 fully saturated rings. The third kappa shape index (κ3) is 56.3. The number of esters is 2. The third-order valence-electron chi connectivity index (χ3n) is 13.0. The van der Waals surface area contributed by atoms with Crippen LogP contribution in [0.5, 0.6) is 0 Å². The summed E-state index contributed by atoms with van der Waals surface area (Å²) in [7, 11) is 5.89. The number of nitrogens with zero attached hydrogens (tertiary/aromatic N) is 1. The van der Waals surface area contributed by atoms with Gasteiger partial charge in [-0.1, -0.05) is 254 Å². The summed E-state index contributed by atoms with van der Waals surface area (Å²) in [6, 6.07) is 0. The Morgan fingerprint density at radius 3 is 1.22 bits per heavy atom. The van der Waals surface area contributed by atoms with Gasteiger partial charge in [0.1, 0.15) is 13.2 Å². The first-order valence-corrected chi connectivity index (χ1v) is 30.1. The SMILES string of the molecule is CC/C=C\C/C=C\C/C=C\C/C=C\C/C=C\CC(=O)OC(COC(=O)CCCCCCCCCCCCCCCCCCCCCCC/C=C\CCCCCCCCCC)COC(OCC[N+](C)(C)C)C(=O)[O-]. The summed E-state index contributed by atoms with van der Waals surface area (Å²) in [6.07, 6.45) is 68.8. The highest BCUT2D eigenvalue weighted by atomic mass is 16.7. The van der Waals surface area contributed by atoms with Crippen molar-refractivity contribution in [2.75, 3.05) is 47.5 Å². The molecule has 0 aromatic heterocycles. The van der Waals surface area contributed by atoms with Gasteiger partial charge in [-0.2, -0.15) is 0 Å². The van der Waals surface area contributed by atoms with E-state index < -0.39 is 24.3 Å². The fraction of sp³-hybridized carbons (Fsp3) is 0.766. The van der Waals surface area contributed by atoms with Crippen molar-refractivity contribution in [2.45, 2.75) is 270 Å². The van der Waals surface area contributed by atoms with Crippen LogP contribution >= 0.6 is 0 Å². The maximum Gasteiger partial charge on any atom is 0.310 e. The monoisotopic (exact) mass is 1020 g/mol. The van der Waals surface area contributed by atoms with Gasteiger partial charge in [0.2, 0.25) is 0 Å².